The highest BCUT2D eigenvalue weighted by molar-refractivity contribution is 5.35. The molecule has 0 aromatic heterocycles. The fraction of sp³-hybridized carbons (Fsp3) is 0.533. The van der Waals surface area contributed by atoms with Crippen molar-refractivity contribution in [2.45, 2.75) is 43.9 Å². The Hall–Kier alpha value is -1.33. The van der Waals surface area contributed by atoms with E-state index in [4.69, 9.17) is 5.73 Å². The third kappa shape index (κ3) is 2.50. The lowest BCUT2D eigenvalue weighted by molar-refractivity contribution is 0.366. The zero-order valence-corrected chi connectivity index (χ0v) is 10.3. The molecule has 2 rings (SSSR count). The summed E-state index contributed by atoms with van der Waals surface area (Å²) in [6.45, 7) is 0.683. The van der Waals surface area contributed by atoms with Crippen LogP contribution in [0, 0.1) is 11.3 Å². The first-order chi connectivity index (χ1) is 8.30. The summed E-state index contributed by atoms with van der Waals surface area (Å²) in [6.07, 6.45) is 6.57. The molecule has 0 amide bonds. The molecule has 1 fully saturated rings. The molecule has 0 unspecified atom stereocenters. The third-order valence-electron chi connectivity index (χ3n) is 3.86. The quantitative estimate of drug-likeness (QED) is 0.864. The Labute approximate surface area is 103 Å². The minimum absolute atomic E-state index is 0.223. The van der Waals surface area contributed by atoms with Crippen LogP contribution in [-0.2, 0) is 11.8 Å². The van der Waals surface area contributed by atoms with Gasteiger partial charge in [0.05, 0.1) is 11.5 Å². The molecule has 1 aliphatic carbocycles. The summed E-state index contributed by atoms with van der Waals surface area (Å²) in [5.74, 6) is 0. The highest BCUT2D eigenvalue weighted by Gasteiger charge is 2.33. The van der Waals surface area contributed by atoms with E-state index in [-0.39, 0.29) is 5.41 Å². The predicted octanol–water partition coefficient (Wildman–Crippen LogP) is 2.91. The average molecular weight is 228 g/mol. The normalized spacial score (nSPS) is 18.6. The number of hydrogen-bond acceptors (Lipinski definition) is 2. The largest absolute Gasteiger partial charge is 0.330 e. The van der Waals surface area contributed by atoms with Crippen LogP contribution in [0.1, 0.15) is 43.2 Å². The Morgan fingerprint density at radius 2 is 1.76 bits per heavy atom. The van der Waals surface area contributed by atoms with Gasteiger partial charge in [0.15, 0.2) is 0 Å². The van der Waals surface area contributed by atoms with E-state index in [0.29, 0.717) is 6.54 Å². The Morgan fingerprint density at radius 3 is 2.29 bits per heavy atom. The first kappa shape index (κ1) is 12.1. The summed E-state index contributed by atoms with van der Waals surface area (Å²) >= 11 is 0. The van der Waals surface area contributed by atoms with E-state index in [0.717, 1.165) is 19.3 Å². The summed E-state index contributed by atoms with van der Waals surface area (Å²) in [5.41, 5.74) is 7.78. The predicted molar refractivity (Wildman–Crippen MR) is 69.6 cm³/mol. The Kier molecular flexibility index (Phi) is 3.81. The van der Waals surface area contributed by atoms with Crippen LogP contribution in [0.15, 0.2) is 24.3 Å². The van der Waals surface area contributed by atoms with Gasteiger partial charge in [0.2, 0.25) is 0 Å². The van der Waals surface area contributed by atoms with Crippen LogP contribution in [-0.4, -0.2) is 6.54 Å². The first-order valence-corrected chi connectivity index (χ1v) is 6.51. The van der Waals surface area contributed by atoms with Gasteiger partial charge in [0.1, 0.15) is 0 Å². The molecule has 0 heterocycles. The Balaban J connectivity index is 2.22. The maximum atomic E-state index is 9.50. The maximum Gasteiger partial charge on any atom is 0.0822 e. The molecule has 0 bridgehead atoms. The average Bonchev–Trinajstić information content (AvgIpc) is 2.41. The number of nitrogens with two attached hydrogens (primary N) is 1. The second-order valence-electron chi connectivity index (χ2n) is 4.99. The molecule has 1 aliphatic rings. The number of nitrogens with zero attached hydrogens (tertiary/aromatic N) is 1. The summed E-state index contributed by atoms with van der Waals surface area (Å²) < 4.78 is 0. The number of benzene rings is 1. The zero-order chi connectivity index (χ0) is 12.1. The van der Waals surface area contributed by atoms with Crippen molar-refractivity contribution >= 4 is 0 Å². The van der Waals surface area contributed by atoms with Crippen molar-refractivity contribution in [1.29, 1.82) is 5.26 Å². The molecular formula is C15H20N2. The van der Waals surface area contributed by atoms with E-state index in [1.807, 2.05) is 0 Å². The van der Waals surface area contributed by atoms with Gasteiger partial charge in [-0.2, -0.15) is 5.26 Å². The van der Waals surface area contributed by atoms with Gasteiger partial charge in [-0.1, -0.05) is 43.5 Å². The molecule has 0 aliphatic heterocycles. The number of rotatable bonds is 3. The van der Waals surface area contributed by atoms with Gasteiger partial charge in [0.25, 0.3) is 0 Å². The third-order valence-corrected chi connectivity index (χ3v) is 3.86. The van der Waals surface area contributed by atoms with E-state index in [1.165, 1.54) is 30.4 Å². The van der Waals surface area contributed by atoms with Crippen molar-refractivity contribution in [3.63, 3.8) is 0 Å². The van der Waals surface area contributed by atoms with Crippen LogP contribution in [0.5, 0.6) is 0 Å². The molecule has 0 atom stereocenters. The van der Waals surface area contributed by atoms with Crippen LogP contribution in [0.3, 0.4) is 0 Å². The van der Waals surface area contributed by atoms with Crippen molar-refractivity contribution < 1.29 is 0 Å². The van der Waals surface area contributed by atoms with Crippen LogP contribution >= 0.6 is 0 Å². The summed E-state index contributed by atoms with van der Waals surface area (Å²) in [6, 6.07) is 11.1. The minimum atomic E-state index is -0.223. The highest BCUT2D eigenvalue weighted by Crippen LogP contribution is 2.38. The molecule has 0 radical (unpaired) electrons. The van der Waals surface area contributed by atoms with Gasteiger partial charge in [-0.3, -0.25) is 0 Å². The van der Waals surface area contributed by atoms with Crippen molar-refractivity contribution in [1.82, 2.24) is 0 Å². The first-order valence-electron chi connectivity index (χ1n) is 6.51. The molecule has 0 saturated heterocycles. The summed E-state index contributed by atoms with van der Waals surface area (Å²) in [7, 11) is 0. The topological polar surface area (TPSA) is 49.8 Å². The van der Waals surface area contributed by atoms with E-state index in [1.54, 1.807) is 0 Å². The zero-order valence-electron chi connectivity index (χ0n) is 10.3. The fourth-order valence-electron chi connectivity index (χ4n) is 2.78. The van der Waals surface area contributed by atoms with Crippen LogP contribution in [0.4, 0.5) is 0 Å². The molecule has 2 heteroatoms. The number of hydrogen-bond donors (Lipinski definition) is 1. The van der Waals surface area contributed by atoms with E-state index < -0.39 is 0 Å². The summed E-state index contributed by atoms with van der Waals surface area (Å²) in [5, 5.41) is 9.50. The van der Waals surface area contributed by atoms with E-state index in [2.05, 4.69) is 30.3 Å². The molecule has 90 valence electrons. The van der Waals surface area contributed by atoms with Crippen molar-refractivity contribution in [3.05, 3.63) is 35.4 Å². The van der Waals surface area contributed by atoms with Gasteiger partial charge in [-0.05, 0) is 36.9 Å². The molecule has 2 nitrogen and oxygen atoms in total. The van der Waals surface area contributed by atoms with E-state index in [9.17, 15) is 5.26 Å². The molecular weight excluding hydrogens is 208 g/mol. The molecule has 2 N–H and O–H groups in total. The van der Waals surface area contributed by atoms with Crippen LogP contribution in [0.2, 0.25) is 0 Å². The maximum absolute atomic E-state index is 9.50. The van der Waals surface area contributed by atoms with Gasteiger partial charge >= 0.3 is 0 Å². The lowest BCUT2D eigenvalue weighted by atomic mass is 9.70. The molecule has 1 aromatic carbocycles. The van der Waals surface area contributed by atoms with Crippen molar-refractivity contribution in [2.24, 2.45) is 5.73 Å². The molecule has 1 aromatic rings. The van der Waals surface area contributed by atoms with Gasteiger partial charge in [-0.15, -0.1) is 0 Å². The smallest absolute Gasteiger partial charge is 0.0822 e. The molecule has 17 heavy (non-hydrogen) atoms. The Morgan fingerprint density at radius 1 is 1.12 bits per heavy atom. The van der Waals surface area contributed by atoms with Crippen molar-refractivity contribution in [2.75, 3.05) is 6.54 Å². The second kappa shape index (κ2) is 5.33. The fourth-order valence-corrected chi connectivity index (χ4v) is 2.78. The highest BCUT2D eigenvalue weighted by atomic mass is 14.5. The molecule has 0 spiro atoms. The standard InChI is InChI=1S/C15H20N2/c16-11-8-13-4-6-14(7-5-13)15(12-17)9-2-1-3-10-15/h4-7H,1-3,8-11,16H2. The van der Waals surface area contributed by atoms with Crippen LogP contribution in [0.25, 0.3) is 0 Å². The SMILES string of the molecule is N#CC1(c2ccc(CCN)cc2)CCCCC1. The monoisotopic (exact) mass is 228 g/mol. The van der Waals surface area contributed by atoms with Gasteiger partial charge in [0, 0.05) is 0 Å². The van der Waals surface area contributed by atoms with Crippen molar-refractivity contribution in [3.8, 4) is 6.07 Å². The summed E-state index contributed by atoms with van der Waals surface area (Å²) in [4.78, 5) is 0. The lowest BCUT2D eigenvalue weighted by Gasteiger charge is -2.31. The lowest BCUT2D eigenvalue weighted by Crippen LogP contribution is -2.27. The second-order valence-corrected chi connectivity index (χ2v) is 4.99. The van der Waals surface area contributed by atoms with Crippen LogP contribution < -0.4 is 5.73 Å². The van der Waals surface area contributed by atoms with Gasteiger partial charge in [-0.25, -0.2) is 0 Å². The number of nitriles is 1. The van der Waals surface area contributed by atoms with E-state index >= 15 is 0 Å². The molecule has 1 saturated carbocycles. The minimum Gasteiger partial charge on any atom is -0.330 e. The van der Waals surface area contributed by atoms with Gasteiger partial charge < -0.3 is 5.73 Å². The Bertz CT molecular complexity index is 394.